The Balaban J connectivity index is 3.88. The lowest BCUT2D eigenvalue weighted by Gasteiger charge is -2.19. The average Bonchev–Trinajstić information content (AvgIpc) is 2.53. The van der Waals surface area contributed by atoms with Crippen LogP contribution in [0.4, 0.5) is 0 Å². The van der Waals surface area contributed by atoms with Gasteiger partial charge in [-0.3, -0.25) is 4.79 Å². The molecule has 0 radical (unpaired) electrons. The number of hydrogen-bond acceptors (Lipinski definition) is 3. The van der Waals surface area contributed by atoms with Crippen molar-refractivity contribution in [1.29, 1.82) is 0 Å². The van der Waals surface area contributed by atoms with Crippen LogP contribution < -0.4 is 5.32 Å². The summed E-state index contributed by atoms with van der Waals surface area (Å²) in [5, 5.41) is 21.7. The number of hydrogen-bond donors (Lipinski definition) is 3. The van der Waals surface area contributed by atoms with Gasteiger partial charge in [0, 0.05) is 6.42 Å². The first-order valence-electron chi connectivity index (χ1n) is 8.20. The van der Waals surface area contributed by atoms with E-state index in [1.807, 2.05) is 6.08 Å². The molecule has 0 aliphatic rings. The Morgan fingerprint density at radius 1 is 1.00 bits per heavy atom. The van der Waals surface area contributed by atoms with Crippen LogP contribution in [0.25, 0.3) is 0 Å². The highest BCUT2D eigenvalue weighted by molar-refractivity contribution is 5.75. The number of amides is 1. The summed E-state index contributed by atoms with van der Waals surface area (Å²) in [5.41, 5.74) is 0. The van der Waals surface area contributed by atoms with Crippen LogP contribution in [-0.2, 0) is 4.79 Å². The number of carbonyl (C=O) groups is 1. The molecule has 0 rings (SSSR count). The van der Waals surface area contributed by atoms with Crippen LogP contribution in [0.3, 0.4) is 0 Å². The van der Waals surface area contributed by atoms with E-state index in [0.29, 0.717) is 6.42 Å². The van der Waals surface area contributed by atoms with Gasteiger partial charge in [0.05, 0.1) is 18.8 Å². The molecule has 126 valence electrons. The minimum atomic E-state index is -0.858. The van der Waals surface area contributed by atoms with Gasteiger partial charge in [0.15, 0.2) is 0 Å². The van der Waals surface area contributed by atoms with Gasteiger partial charge in [0.25, 0.3) is 0 Å². The molecule has 0 aliphatic heterocycles. The normalized spacial score (nSPS) is 14.9. The van der Waals surface area contributed by atoms with Gasteiger partial charge in [-0.1, -0.05) is 50.3 Å². The van der Waals surface area contributed by atoms with Gasteiger partial charge in [0.2, 0.25) is 5.91 Å². The second-order valence-electron chi connectivity index (χ2n) is 5.13. The molecule has 0 saturated carbocycles. The summed E-state index contributed by atoms with van der Waals surface area (Å²) >= 11 is 0. The predicted octanol–water partition coefficient (Wildman–Crippen LogP) is 2.87. The smallest absolute Gasteiger partial charge is 0.220 e. The molecule has 4 nitrogen and oxygen atoms in total. The molecule has 0 fully saturated rings. The molecule has 4 heteroatoms. The Labute approximate surface area is 134 Å². The molecular weight excluding hydrogens is 278 g/mol. The zero-order valence-electron chi connectivity index (χ0n) is 13.9. The molecule has 0 aliphatic carbocycles. The highest BCUT2D eigenvalue weighted by Crippen LogP contribution is 2.01. The van der Waals surface area contributed by atoms with Gasteiger partial charge < -0.3 is 15.5 Å². The SMILES string of the molecule is CC/C=C/CC/C=C/CC/C=C/C(O)C(CO)NC(=O)CC. The van der Waals surface area contributed by atoms with Crippen molar-refractivity contribution in [2.75, 3.05) is 6.61 Å². The van der Waals surface area contributed by atoms with E-state index in [2.05, 4.69) is 36.5 Å². The van der Waals surface area contributed by atoms with Crippen LogP contribution in [0.2, 0.25) is 0 Å². The van der Waals surface area contributed by atoms with E-state index in [1.165, 1.54) is 0 Å². The quantitative estimate of drug-likeness (QED) is 0.383. The van der Waals surface area contributed by atoms with Crippen LogP contribution in [0.1, 0.15) is 52.4 Å². The number of aliphatic hydroxyl groups is 2. The zero-order valence-corrected chi connectivity index (χ0v) is 13.9. The molecule has 0 aromatic heterocycles. The van der Waals surface area contributed by atoms with E-state index in [4.69, 9.17) is 0 Å². The van der Waals surface area contributed by atoms with Crippen LogP contribution in [0.15, 0.2) is 36.5 Å². The maximum Gasteiger partial charge on any atom is 0.220 e. The maximum absolute atomic E-state index is 11.3. The molecule has 0 saturated heterocycles. The Kier molecular flexibility index (Phi) is 13.6. The summed E-state index contributed by atoms with van der Waals surface area (Å²) in [5.74, 6) is -0.174. The molecular formula is C18H31NO3. The molecule has 0 spiro atoms. The van der Waals surface area contributed by atoms with Crippen molar-refractivity contribution in [2.24, 2.45) is 0 Å². The third kappa shape index (κ3) is 11.3. The van der Waals surface area contributed by atoms with Gasteiger partial charge in [-0.2, -0.15) is 0 Å². The first-order valence-corrected chi connectivity index (χ1v) is 8.20. The number of allylic oxidation sites excluding steroid dienone is 5. The monoisotopic (exact) mass is 309 g/mol. The van der Waals surface area contributed by atoms with Crippen molar-refractivity contribution in [3.8, 4) is 0 Å². The van der Waals surface area contributed by atoms with E-state index < -0.39 is 12.1 Å². The minimum Gasteiger partial charge on any atom is -0.394 e. The van der Waals surface area contributed by atoms with Gasteiger partial charge in [-0.15, -0.1) is 0 Å². The zero-order chi connectivity index (χ0) is 16.6. The van der Waals surface area contributed by atoms with Crippen LogP contribution in [-0.4, -0.2) is 34.9 Å². The summed E-state index contributed by atoms with van der Waals surface area (Å²) < 4.78 is 0. The largest absolute Gasteiger partial charge is 0.394 e. The fraction of sp³-hybridized carbons (Fsp3) is 0.611. The third-order valence-corrected chi connectivity index (χ3v) is 3.18. The van der Waals surface area contributed by atoms with Crippen molar-refractivity contribution in [1.82, 2.24) is 5.32 Å². The Morgan fingerprint density at radius 3 is 2.05 bits per heavy atom. The van der Waals surface area contributed by atoms with E-state index in [9.17, 15) is 15.0 Å². The van der Waals surface area contributed by atoms with Gasteiger partial charge in [-0.25, -0.2) is 0 Å². The third-order valence-electron chi connectivity index (χ3n) is 3.18. The Hall–Kier alpha value is -1.39. The lowest BCUT2D eigenvalue weighted by molar-refractivity contribution is -0.122. The lowest BCUT2D eigenvalue weighted by atomic mass is 10.1. The van der Waals surface area contributed by atoms with Crippen molar-refractivity contribution >= 4 is 5.91 Å². The second kappa shape index (κ2) is 14.5. The Morgan fingerprint density at radius 2 is 1.55 bits per heavy atom. The van der Waals surface area contributed by atoms with Gasteiger partial charge in [0.1, 0.15) is 0 Å². The summed E-state index contributed by atoms with van der Waals surface area (Å²) in [6.45, 7) is 3.58. The summed E-state index contributed by atoms with van der Waals surface area (Å²) in [6.07, 6.45) is 16.6. The Bertz CT molecular complexity index is 361. The molecule has 0 bridgehead atoms. The average molecular weight is 309 g/mol. The maximum atomic E-state index is 11.3. The number of unbranched alkanes of at least 4 members (excludes halogenated alkanes) is 2. The van der Waals surface area contributed by atoms with Crippen molar-refractivity contribution < 1.29 is 15.0 Å². The molecule has 22 heavy (non-hydrogen) atoms. The molecule has 0 aromatic carbocycles. The summed E-state index contributed by atoms with van der Waals surface area (Å²) in [4.78, 5) is 11.3. The van der Waals surface area contributed by atoms with E-state index in [0.717, 1.165) is 32.1 Å². The fourth-order valence-electron chi connectivity index (χ4n) is 1.82. The molecule has 3 N–H and O–H groups in total. The molecule has 0 aromatic rings. The van der Waals surface area contributed by atoms with Crippen LogP contribution in [0.5, 0.6) is 0 Å². The van der Waals surface area contributed by atoms with E-state index in [-0.39, 0.29) is 12.5 Å². The van der Waals surface area contributed by atoms with Crippen LogP contribution in [0, 0.1) is 0 Å². The number of aliphatic hydroxyl groups excluding tert-OH is 2. The van der Waals surface area contributed by atoms with Crippen LogP contribution >= 0.6 is 0 Å². The number of nitrogens with one attached hydrogen (secondary N) is 1. The van der Waals surface area contributed by atoms with E-state index in [1.54, 1.807) is 13.0 Å². The standard InChI is InChI=1S/C18H31NO3/c1-3-5-6-7-8-9-10-11-12-13-14-17(21)16(15-20)19-18(22)4-2/h5-6,9-10,13-14,16-17,20-21H,3-4,7-8,11-12,15H2,1-2H3,(H,19,22)/b6-5+,10-9+,14-13+. The summed E-state index contributed by atoms with van der Waals surface area (Å²) in [6, 6.07) is -0.635. The summed E-state index contributed by atoms with van der Waals surface area (Å²) in [7, 11) is 0. The van der Waals surface area contributed by atoms with Crippen molar-refractivity contribution in [3.05, 3.63) is 36.5 Å². The second-order valence-corrected chi connectivity index (χ2v) is 5.13. The lowest BCUT2D eigenvalue weighted by Crippen LogP contribution is -2.44. The van der Waals surface area contributed by atoms with Crippen molar-refractivity contribution in [2.45, 2.75) is 64.5 Å². The molecule has 2 unspecified atom stereocenters. The minimum absolute atomic E-state index is 0.174. The first kappa shape index (κ1) is 20.6. The molecule has 1 amide bonds. The highest BCUT2D eigenvalue weighted by atomic mass is 16.3. The molecule has 2 atom stereocenters. The van der Waals surface area contributed by atoms with Gasteiger partial charge in [-0.05, 0) is 32.1 Å². The number of carbonyl (C=O) groups excluding carboxylic acids is 1. The van der Waals surface area contributed by atoms with Crippen molar-refractivity contribution in [3.63, 3.8) is 0 Å². The van der Waals surface area contributed by atoms with E-state index >= 15 is 0 Å². The predicted molar refractivity (Wildman–Crippen MR) is 91.5 cm³/mol. The molecule has 0 heterocycles. The number of rotatable bonds is 12. The fourth-order valence-corrected chi connectivity index (χ4v) is 1.82. The van der Waals surface area contributed by atoms with Gasteiger partial charge >= 0.3 is 0 Å². The topological polar surface area (TPSA) is 69.6 Å². The highest BCUT2D eigenvalue weighted by Gasteiger charge is 2.16. The first-order chi connectivity index (χ1) is 10.7.